The van der Waals surface area contributed by atoms with Gasteiger partial charge >= 0.3 is 5.97 Å². The highest BCUT2D eigenvalue weighted by molar-refractivity contribution is 5.83. The fourth-order valence-electron chi connectivity index (χ4n) is 1.82. The molecule has 0 fully saturated rings. The van der Waals surface area contributed by atoms with Crippen molar-refractivity contribution in [2.45, 2.75) is 25.9 Å². The highest BCUT2D eigenvalue weighted by atomic mass is 16.4. The topological polar surface area (TPSA) is 70.8 Å². The zero-order chi connectivity index (χ0) is 11.0. The van der Waals surface area contributed by atoms with Crippen LogP contribution in [0.25, 0.3) is 0 Å². The molecule has 1 unspecified atom stereocenters. The lowest BCUT2D eigenvalue weighted by molar-refractivity contribution is -0.150. The summed E-state index contributed by atoms with van der Waals surface area (Å²) in [5.74, 6) is -0.538. The number of rotatable bonds is 1. The van der Waals surface area contributed by atoms with Crippen molar-refractivity contribution in [1.29, 1.82) is 0 Å². The summed E-state index contributed by atoms with van der Waals surface area (Å²) in [6.07, 6.45) is 1.84. The first-order valence-corrected chi connectivity index (χ1v) is 4.65. The molecule has 2 rings (SSSR count). The minimum atomic E-state index is -0.975. The van der Waals surface area contributed by atoms with E-state index in [0.29, 0.717) is 12.2 Å². The normalized spacial score (nSPS) is 19.8. The molecule has 15 heavy (non-hydrogen) atoms. The minimum absolute atomic E-state index is 0.245. The summed E-state index contributed by atoms with van der Waals surface area (Å²) in [7, 11) is 0. The van der Waals surface area contributed by atoms with Crippen LogP contribution in [0.3, 0.4) is 0 Å². The van der Waals surface area contributed by atoms with Gasteiger partial charge in [-0.1, -0.05) is 0 Å². The molecule has 2 heterocycles. The molecule has 0 aromatic carbocycles. The molecular weight excluding hydrogens is 198 g/mol. The Bertz CT molecular complexity index is 373. The van der Waals surface area contributed by atoms with E-state index in [9.17, 15) is 9.59 Å². The van der Waals surface area contributed by atoms with Crippen LogP contribution >= 0.6 is 0 Å². The van der Waals surface area contributed by atoms with Gasteiger partial charge in [0.15, 0.2) is 0 Å². The van der Waals surface area contributed by atoms with E-state index in [0.717, 1.165) is 5.56 Å². The van der Waals surface area contributed by atoms with Gasteiger partial charge in [-0.2, -0.15) is 0 Å². The highest BCUT2D eigenvalue weighted by Crippen LogP contribution is 2.24. The van der Waals surface area contributed by atoms with Gasteiger partial charge in [0.2, 0.25) is 5.91 Å². The summed E-state index contributed by atoms with van der Waals surface area (Å²) < 4.78 is 5.18. The molecule has 1 aromatic rings. The Kier molecular flexibility index (Phi) is 2.22. The van der Waals surface area contributed by atoms with E-state index in [-0.39, 0.29) is 12.5 Å². The molecule has 1 aliphatic rings. The molecule has 1 atom stereocenters. The summed E-state index contributed by atoms with van der Waals surface area (Å²) in [4.78, 5) is 23.6. The van der Waals surface area contributed by atoms with Crippen LogP contribution in [-0.2, 0) is 22.6 Å². The maximum absolute atomic E-state index is 11.3. The van der Waals surface area contributed by atoms with Gasteiger partial charge in [-0.05, 0) is 11.6 Å². The van der Waals surface area contributed by atoms with Gasteiger partial charge in [0.05, 0.1) is 12.8 Å². The number of carbonyl (C=O) groups excluding carboxylic acids is 1. The Morgan fingerprint density at radius 2 is 2.33 bits per heavy atom. The lowest BCUT2D eigenvalue weighted by atomic mass is 10.00. The molecule has 80 valence electrons. The van der Waals surface area contributed by atoms with Gasteiger partial charge in [-0.3, -0.25) is 4.79 Å². The number of carbonyl (C=O) groups is 2. The van der Waals surface area contributed by atoms with Crippen LogP contribution in [-0.4, -0.2) is 27.9 Å². The fourth-order valence-corrected chi connectivity index (χ4v) is 1.82. The van der Waals surface area contributed by atoms with Crippen LogP contribution in [0.2, 0.25) is 0 Å². The van der Waals surface area contributed by atoms with E-state index in [1.807, 2.05) is 0 Å². The summed E-state index contributed by atoms with van der Waals surface area (Å²) >= 11 is 0. The standard InChI is InChI=1S/C10H11NO4/c1-6(12)11-5-9-7(2-3-15-9)4-8(11)10(13)14/h2-3,8H,4-5H2,1H3,(H,13,14). The molecule has 1 amide bonds. The third-order valence-corrected chi connectivity index (χ3v) is 2.63. The smallest absolute Gasteiger partial charge is 0.326 e. The number of carboxylic acid groups (broad SMARTS) is 1. The fraction of sp³-hybridized carbons (Fsp3) is 0.400. The first-order chi connectivity index (χ1) is 7.09. The molecule has 0 bridgehead atoms. The van der Waals surface area contributed by atoms with Crippen LogP contribution < -0.4 is 0 Å². The van der Waals surface area contributed by atoms with Crippen molar-refractivity contribution in [2.75, 3.05) is 0 Å². The van der Waals surface area contributed by atoms with E-state index < -0.39 is 12.0 Å². The van der Waals surface area contributed by atoms with Gasteiger partial charge in [0, 0.05) is 13.3 Å². The molecular formula is C10H11NO4. The Morgan fingerprint density at radius 3 is 2.93 bits per heavy atom. The van der Waals surface area contributed by atoms with Crippen molar-refractivity contribution >= 4 is 11.9 Å². The lowest BCUT2D eigenvalue weighted by Gasteiger charge is -2.31. The zero-order valence-corrected chi connectivity index (χ0v) is 8.27. The van der Waals surface area contributed by atoms with Crippen molar-refractivity contribution in [1.82, 2.24) is 4.90 Å². The quantitative estimate of drug-likeness (QED) is 0.736. The van der Waals surface area contributed by atoms with Crippen LogP contribution in [0.1, 0.15) is 18.2 Å². The Morgan fingerprint density at radius 1 is 1.60 bits per heavy atom. The molecule has 0 spiro atoms. The summed E-state index contributed by atoms with van der Waals surface area (Å²) in [6, 6.07) is 0.982. The largest absolute Gasteiger partial charge is 0.480 e. The average Bonchev–Trinajstić information content (AvgIpc) is 2.61. The number of fused-ring (bicyclic) bond motifs is 1. The van der Waals surface area contributed by atoms with Crippen molar-refractivity contribution in [2.24, 2.45) is 0 Å². The summed E-state index contributed by atoms with van der Waals surface area (Å²) in [6.45, 7) is 1.61. The second-order valence-electron chi connectivity index (χ2n) is 3.57. The van der Waals surface area contributed by atoms with E-state index in [4.69, 9.17) is 9.52 Å². The molecule has 1 aliphatic heterocycles. The minimum Gasteiger partial charge on any atom is -0.480 e. The summed E-state index contributed by atoms with van der Waals surface area (Å²) in [5.41, 5.74) is 0.875. The van der Waals surface area contributed by atoms with Crippen molar-refractivity contribution in [3.05, 3.63) is 23.7 Å². The van der Waals surface area contributed by atoms with Gasteiger partial charge < -0.3 is 14.4 Å². The molecule has 0 saturated carbocycles. The summed E-state index contributed by atoms with van der Waals surface area (Å²) in [5, 5.41) is 9.00. The molecule has 0 aliphatic carbocycles. The Balaban J connectivity index is 2.33. The highest BCUT2D eigenvalue weighted by Gasteiger charge is 2.34. The number of carboxylic acids is 1. The van der Waals surface area contributed by atoms with Crippen molar-refractivity contribution in [3.8, 4) is 0 Å². The molecule has 1 aromatic heterocycles. The lowest BCUT2D eigenvalue weighted by Crippen LogP contribution is -2.47. The van der Waals surface area contributed by atoms with Gasteiger partial charge in [-0.25, -0.2) is 4.79 Å². The zero-order valence-electron chi connectivity index (χ0n) is 8.27. The SMILES string of the molecule is CC(=O)N1Cc2occc2CC1C(=O)O. The molecule has 0 radical (unpaired) electrons. The number of nitrogens with zero attached hydrogens (tertiary/aromatic N) is 1. The van der Waals surface area contributed by atoms with Crippen molar-refractivity contribution < 1.29 is 19.1 Å². The van der Waals surface area contributed by atoms with Gasteiger partial charge in [0.1, 0.15) is 11.8 Å². The molecule has 5 nitrogen and oxygen atoms in total. The molecule has 5 heteroatoms. The van der Waals surface area contributed by atoms with Gasteiger partial charge in [-0.15, -0.1) is 0 Å². The molecule has 0 saturated heterocycles. The Labute approximate surface area is 86.3 Å². The first-order valence-electron chi connectivity index (χ1n) is 4.65. The molecule has 1 N–H and O–H groups in total. The number of amides is 1. The van der Waals surface area contributed by atoms with E-state index in [2.05, 4.69) is 0 Å². The maximum atomic E-state index is 11.3. The van der Waals surface area contributed by atoms with E-state index in [1.54, 1.807) is 6.07 Å². The van der Waals surface area contributed by atoms with Gasteiger partial charge in [0.25, 0.3) is 0 Å². The van der Waals surface area contributed by atoms with Crippen LogP contribution in [0.5, 0.6) is 0 Å². The first kappa shape index (κ1) is 9.76. The second-order valence-corrected chi connectivity index (χ2v) is 3.57. The van der Waals surface area contributed by atoms with E-state index >= 15 is 0 Å². The van der Waals surface area contributed by atoms with Crippen LogP contribution in [0.15, 0.2) is 16.7 Å². The predicted molar refractivity (Wildman–Crippen MR) is 50.1 cm³/mol. The number of furan rings is 1. The number of hydrogen-bond acceptors (Lipinski definition) is 3. The number of aliphatic carboxylic acids is 1. The maximum Gasteiger partial charge on any atom is 0.326 e. The monoisotopic (exact) mass is 209 g/mol. The third-order valence-electron chi connectivity index (χ3n) is 2.63. The van der Waals surface area contributed by atoms with E-state index in [1.165, 1.54) is 18.1 Å². The Hall–Kier alpha value is -1.78. The second kappa shape index (κ2) is 3.42. The predicted octanol–water partition coefficient (Wildman–Crippen LogP) is 0.637. The van der Waals surface area contributed by atoms with Crippen LogP contribution in [0.4, 0.5) is 0 Å². The third kappa shape index (κ3) is 1.60. The van der Waals surface area contributed by atoms with Crippen molar-refractivity contribution in [3.63, 3.8) is 0 Å². The average molecular weight is 209 g/mol. The number of hydrogen-bond donors (Lipinski definition) is 1. The van der Waals surface area contributed by atoms with Crippen LogP contribution in [0, 0.1) is 0 Å².